The maximum Gasteiger partial charge on any atom is 0.251 e. The van der Waals surface area contributed by atoms with Gasteiger partial charge in [0.1, 0.15) is 5.82 Å². The number of rotatable bonds is 7. The molecule has 5 nitrogen and oxygen atoms in total. The van der Waals surface area contributed by atoms with E-state index in [4.69, 9.17) is 0 Å². The number of hydrogen-bond acceptors (Lipinski definition) is 3. The predicted octanol–water partition coefficient (Wildman–Crippen LogP) is 5.58. The van der Waals surface area contributed by atoms with E-state index in [9.17, 15) is 17.6 Å². The Balaban J connectivity index is 1.72. The Morgan fingerprint density at radius 3 is 2.00 bits per heavy atom. The smallest absolute Gasteiger partial charge is 0.251 e. The summed E-state index contributed by atoms with van der Waals surface area (Å²) < 4.78 is 39.2. The molecule has 0 aliphatic carbocycles. The van der Waals surface area contributed by atoms with Crippen LogP contribution in [-0.4, -0.2) is 20.6 Å². The first kappa shape index (κ1) is 25.4. The monoisotopic (exact) mass is 482 g/mol. The number of benzene rings is 3. The molecule has 0 aliphatic heterocycles. The van der Waals surface area contributed by atoms with E-state index < -0.39 is 10.0 Å². The third kappa shape index (κ3) is 6.44. The standard InChI is InChI=1S/C27H31FN2O3S/c1-19(21-8-12-23(13-9-21)27(2,3)4)29-26(31)22-10-16-25(17-11-22)30(34(5,32)33)18-20-6-14-24(28)15-7-20/h6-17,19H,18H2,1-5H3,(H,29,31)/t19-/m1/s1. The van der Waals surface area contributed by atoms with E-state index in [0.717, 1.165) is 11.8 Å². The summed E-state index contributed by atoms with van der Waals surface area (Å²) >= 11 is 0. The summed E-state index contributed by atoms with van der Waals surface area (Å²) in [5.74, 6) is -0.632. The number of hydrogen-bond donors (Lipinski definition) is 1. The van der Waals surface area contributed by atoms with Gasteiger partial charge < -0.3 is 5.32 Å². The fourth-order valence-corrected chi connectivity index (χ4v) is 4.46. The lowest BCUT2D eigenvalue weighted by Crippen LogP contribution is -2.29. The van der Waals surface area contributed by atoms with Crippen LogP contribution < -0.4 is 9.62 Å². The molecule has 0 bridgehead atoms. The van der Waals surface area contributed by atoms with Crippen molar-refractivity contribution in [2.24, 2.45) is 0 Å². The SMILES string of the molecule is C[C@@H](NC(=O)c1ccc(N(Cc2ccc(F)cc2)S(C)(=O)=O)cc1)c1ccc(C(C)(C)C)cc1. The second-order valence-electron chi connectivity index (χ2n) is 9.51. The van der Waals surface area contributed by atoms with Crippen LogP contribution in [0.15, 0.2) is 72.8 Å². The van der Waals surface area contributed by atoms with Crippen LogP contribution in [0.1, 0.15) is 60.8 Å². The van der Waals surface area contributed by atoms with Crippen molar-refractivity contribution in [2.45, 2.75) is 45.7 Å². The molecular formula is C27H31FN2O3S. The average Bonchev–Trinajstić information content (AvgIpc) is 2.77. The normalized spacial score (nSPS) is 12.8. The summed E-state index contributed by atoms with van der Waals surface area (Å²) in [4.78, 5) is 12.8. The van der Waals surface area contributed by atoms with E-state index in [-0.39, 0.29) is 29.7 Å². The zero-order valence-corrected chi connectivity index (χ0v) is 21.0. The molecule has 0 spiro atoms. The summed E-state index contributed by atoms with van der Waals surface area (Å²) in [6.45, 7) is 8.45. The van der Waals surface area contributed by atoms with Gasteiger partial charge in [0, 0.05) is 5.56 Å². The van der Waals surface area contributed by atoms with Gasteiger partial charge in [-0.3, -0.25) is 9.10 Å². The number of halogens is 1. The molecule has 0 radical (unpaired) electrons. The molecule has 0 unspecified atom stereocenters. The van der Waals surface area contributed by atoms with E-state index in [2.05, 4.69) is 38.2 Å². The maximum atomic E-state index is 13.2. The van der Waals surface area contributed by atoms with Crippen molar-refractivity contribution < 1.29 is 17.6 Å². The molecule has 0 fully saturated rings. The van der Waals surface area contributed by atoms with Crippen molar-refractivity contribution in [2.75, 3.05) is 10.6 Å². The molecule has 0 aliphatic rings. The van der Waals surface area contributed by atoms with Crippen LogP contribution in [0.3, 0.4) is 0 Å². The fourth-order valence-electron chi connectivity index (χ4n) is 3.57. The second kappa shape index (κ2) is 9.97. The van der Waals surface area contributed by atoms with E-state index in [1.54, 1.807) is 36.4 Å². The molecule has 0 heterocycles. The Morgan fingerprint density at radius 1 is 0.941 bits per heavy atom. The number of nitrogens with one attached hydrogen (secondary N) is 1. The molecule has 1 N–H and O–H groups in total. The fraction of sp³-hybridized carbons (Fsp3) is 0.296. The van der Waals surface area contributed by atoms with Crippen molar-refractivity contribution in [3.05, 3.63) is 101 Å². The largest absolute Gasteiger partial charge is 0.346 e. The van der Waals surface area contributed by atoms with Gasteiger partial charge >= 0.3 is 0 Å². The Morgan fingerprint density at radius 2 is 1.50 bits per heavy atom. The minimum absolute atomic E-state index is 0.0588. The van der Waals surface area contributed by atoms with Gasteiger partial charge in [-0.05, 0) is 65.4 Å². The molecule has 1 amide bonds. The topological polar surface area (TPSA) is 66.5 Å². The minimum atomic E-state index is -3.59. The van der Waals surface area contributed by atoms with Crippen LogP contribution in [0.25, 0.3) is 0 Å². The third-order valence-electron chi connectivity index (χ3n) is 5.68. The first-order valence-corrected chi connectivity index (χ1v) is 12.9. The summed E-state index contributed by atoms with van der Waals surface area (Å²) in [5, 5.41) is 2.99. The number of sulfonamides is 1. The number of amides is 1. The Hall–Kier alpha value is -3.19. The van der Waals surface area contributed by atoms with Crippen LogP contribution in [0.2, 0.25) is 0 Å². The second-order valence-corrected chi connectivity index (χ2v) is 11.4. The van der Waals surface area contributed by atoms with Gasteiger partial charge in [0.15, 0.2) is 0 Å². The van der Waals surface area contributed by atoms with E-state index in [0.29, 0.717) is 16.8 Å². The highest BCUT2D eigenvalue weighted by Crippen LogP contribution is 2.25. The number of anilines is 1. The third-order valence-corrected chi connectivity index (χ3v) is 6.82. The van der Waals surface area contributed by atoms with E-state index in [1.165, 1.54) is 22.0 Å². The highest BCUT2D eigenvalue weighted by Gasteiger charge is 2.19. The summed E-state index contributed by atoms with van der Waals surface area (Å²) in [7, 11) is -3.59. The lowest BCUT2D eigenvalue weighted by molar-refractivity contribution is 0.0940. The molecule has 0 saturated carbocycles. The molecule has 3 aromatic rings. The molecular weight excluding hydrogens is 451 g/mol. The molecule has 7 heteroatoms. The van der Waals surface area contributed by atoms with Crippen LogP contribution in [-0.2, 0) is 22.0 Å². The van der Waals surface area contributed by atoms with Gasteiger partial charge in [0.05, 0.1) is 24.5 Å². The number of nitrogens with zero attached hydrogens (tertiary/aromatic N) is 1. The van der Waals surface area contributed by atoms with Crippen LogP contribution in [0.5, 0.6) is 0 Å². The zero-order valence-electron chi connectivity index (χ0n) is 20.2. The van der Waals surface area contributed by atoms with Gasteiger partial charge in [-0.2, -0.15) is 0 Å². The molecule has 0 saturated heterocycles. The average molecular weight is 483 g/mol. The van der Waals surface area contributed by atoms with Gasteiger partial charge in [-0.25, -0.2) is 12.8 Å². The van der Waals surface area contributed by atoms with Crippen LogP contribution >= 0.6 is 0 Å². The van der Waals surface area contributed by atoms with Crippen LogP contribution in [0, 0.1) is 5.82 Å². The van der Waals surface area contributed by atoms with Crippen molar-refractivity contribution in [1.82, 2.24) is 5.32 Å². The highest BCUT2D eigenvalue weighted by molar-refractivity contribution is 7.92. The van der Waals surface area contributed by atoms with Crippen molar-refractivity contribution in [3.63, 3.8) is 0 Å². The van der Waals surface area contributed by atoms with Crippen LogP contribution in [0.4, 0.5) is 10.1 Å². The molecule has 0 aromatic heterocycles. The van der Waals surface area contributed by atoms with Gasteiger partial charge in [-0.1, -0.05) is 57.2 Å². The number of carbonyl (C=O) groups is 1. The molecule has 180 valence electrons. The van der Waals surface area contributed by atoms with E-state index in [1.807, 2.05) is 19.1 Å². The van der Waals surface area contributed by atoms with Crippen molar-refractivity contribution >= 4 is 21.6 Å². The number of carbonyl (C=O) groups excluding carboxylic acids is 1. The lowest BCUT2D eigenvalue weighted by Gasteiger charge is -2.23. The van der Waals surface area contributed by atoms with Gasteiger partial charge in [0.25, 0.3) is 5.91 Å². The summed E-state index contributed by atoms with van der Waals surface area (Å²) in [6, 6.07) is 20.1. The Labute approximate surface area is 201 Å². The first-order valence-electron chi connectivity index (χ1n) is 11.1. The molecule has 3 rings (SSSR count). The Bertz CT molecular complexity index is 1230. The van der Waals surface area contributed by atoms with Crippen molar-refractivity contribution in [3.8, 4) is 0 Å². The summed E-state index contributed by atoms with van der Waals surface area (Å²) in [6.07, 6.45) is 1.11. The maximum absolute atomic E-state index is 13.2. The van der Waals surface area contributed by atoms with Gasteiger partial charge in [-0.15, -0.1) is 0 Å². The van der Waals surface area contributed by atoms with Crippen molar-refractivity contribution in [1.29, 1.82) is 0 Å². The molecule has 3 aromatic carbocycles. The molecule has 34 heavy (non-hydrogen) atoms. The highest BCUT2D eigenvalue weighted by atomic mass is 32.2. The van der Waals surface area contributed by atoms with Gasteiger partial charge in [0.2, 0.25) is 10.0 Å². The zero-order chi connectivity index (χ0) is 25.1. The predicted molar refractivity (Wildman–Crippen MR) is 135 cm³/mol. The van der Waals surface area contributed by atoms with E-state index >= 15 is 0 Å². The molecule has 1 atom stereocenters. The summed E-state index contributed by atoms with van der Waals surface area (Å²) in [5.41, 5.74) is 3.79. The lowest BCUT2D eigenvalue weighted by atomic mass is 9.86. The minimum Gasteiger partial charge on any atom is -0.346 e. The quantitative estimate of drug-likeness (QED) is 0.478. The first-order chi connectivity index (χ1) is 15.8. The Kier molecular flexibility index (Phi) is 7.46.